The number of rotatable bonds is 5. The van der Waals surface area contributed by atoms with Crippen molar-refractivity contribution in [3.05, 3.63) is 78.1 Å². The van der Waals surface area contributed by atoms with Crippen LogP contribution in [-0.4, -0.2) is 30.6 Å². The number of nitrogens with one attached hydrogen (secondary N) is 1. The first-order valence-electron chi connectivity index (χ1n) is 9.68. The minimum absolute atomic E-state index is 0.179. The van der Waals surface area contributed by atoms with Crippen LogP contribution in [0.3, 0.4) is 0 Å². The monoisotopic (exact) mass is 464 g/mol. The van der Waals surface area contributed by atoms with Crippen molar-refractivity contribution in [2.75, 3.05) is 11.3 Å². The van der Waals surface area contributed by atoms with Crippen molar-refractivity contribution in [1.82, 2.24) is 4.98 Å². The third-order valence-electron chi connectivity index (χ3n) is 5.27. The standard InChI is InChI=1S/C22H19F3N2O4S/c23-22(24,25)32(29,30)27-19-4-2-1-3-17(19)15-5-6-18-20(12-15)31-13-16(21(18)28)11-14-7-9-26-10-8-14/h1-10,12,16,21,27-28H,11,13H2/t16-,21+/m0/s1. The molecule has 0 unspecified atom stereocenters. The van der Waals surface area contributed by atoms with Gasteiger partial charge in [0.2, 0.25) is 0 Å². The normalized spacial score (nSPS) is 18.5. The van der Waals surface area contributed by atoms with E-state index in [9.17, 15) is 26.7 Å². The lowest BCUT2D eigenvalue weighted by molar-refractivity contribution is -0.0429. The Morgan fingerprint density at radius 2 is 1.81 bits per heavy atom. The first-order valence-corrected chi connectivity index (χ1v) is 11.2. The topological polar surface area (TPSA) is 88.5 Å². The molecule has 2 atom stereocenters. The fraction of sp³-hybridized carbons (Fsp3) is 0.227. The molecule has 10 heteroatoms. The van der Waals surface area contributed by atoms with E-state index in [0.29, 0.717) is 23.3 Å². The summed E-state index contributed by atoms with van der Waals surface area (Å²) in [5, 5.41) is 10.8. The molecule has 3 aromatic rings. The molecule has 0 fully saturated rings. The van der Waals surface area contributed by atoms with Crippen molar-refractivity contribution in [1.29, 1.82) is 0 Å². The van der Waals surface area contributed by atoms with Gasteiger partial charge in [-0.3, -0.25) is 9.71 Å². The molecule has 1 aromatic heterocycles. The Hall–Kier alpha value is -3.11. The van der Waals surface area contributed by atoms with Gasteiger partial charge in [-0.1, -0.05) is 30.3 Å². The minimum Gasteiger partial charge on any atom is -0.493 e. The number of hydrogen-bond donors (Lipinski definition) is 2. The van der Waals surface area contributed by atoms with Crippen LogP contribution in [0.5, 0.6) is 5.75 Å². The molecule has 0 bridgehead atoms. The van der Waals surface area contributed by atoms with Crippen LogP contribution in [-0.2, 0) is 16.4 Å². The summed E-state index contributed by atoms with van der Waals surface area (Å²) < 4.78 is 69.0. The zero-order valence-electron chi connectivity index (χ0n) is 16.6. The summed E-state index contributed by atoms with van der Waals surface area (Å²) >= 11 is 0. The molecule has 0 amide bonds. The van der Waals surface area contributed by atoms with Crippen molar-refractivity contribution in [2.45, 2.75) is 18.0 Å². The highest BCUT2D eigenvalue weighted by Gasteiger charge is 2.46. The summed E-state index contributed by atoms with van der Waals surface area (Å²) in [6.07, 6.45) is 3.15. The molecule has 6 nitrogen and oxygen atoms in total. The van der Waals surface area contributed by atoms with Gasteiger partial charge in [0.1, 0.15) is 5.75 Å². The molecular weight excluding hydrogens is 445 g/mol. The van der Waals surface area contributed by atoms with Gasteiger partial charge in [-0.05, 0) is 41.8 Å². The van der Waals surface area contributed by atoms with Gasteiger partial charge in [0.15, 0.2) is 0 Å². The Bertz CT molecular complexity index is 1220. The lowest BCUT2D eigenvalue weighted by atomic mass is 9.87. The summed E-state index contributed by atoms with van der Waals surface area (Å²) in [5.41, 5.74) is -3.38. The molecule has 0 aliphatic carbocycles. The molecule has 0 radical (unpaired) electrons. The maximum absolute atomic E-state index is 12.8. The van der Waals surface area contributed by atoms with Crippen molar-refractivity contribution in [3.63, 3.8) is 0 Å². The highest BCUT2D eigenvalue weighted by molar-refractivity contribution is 7.93. The van der Waals surface area contributed by atoms with Crippen LogP contribution in [0.25, 0.3) is 11.1 Å². The van der Waals surface area contributed by atoms with Gasteiger partial charge in [-0.25, -0.2) is 0 Å². The lowest BCUT2D eigenvalue weighted by Gasteiger charge is -2.31. The zero-order chi connectivity index (χ0) is 22.9. The fourth-order valence-corrected chi connectivity index (χ4v) is 4.22. The Morgan fingerprint density at radius 1 is 1.09 bits per heavy atom. The smallest absolute Gasteiger partial charge is 0.493 e. The van der Waals surface area contributed by atoms with E-state index in [0.717, 1.165) is 5.56 Å². The first-order chi connectivity index (χ1) is 15.2. The second-order valence-electron chi connectivity index (χ2n) is 7.42. The number of hydrogen-bond acceptors (Lipinski definition) is 5. The number of benzene rings is 2. The highest BCUT2D eigenvalue weighted by atomic mass is 32.2. The van der Waals surface area contributed by atoms with Crippen LogP contribution in [0.2, 0.25) is 0 Å². The lowest BCUT2D eigenvalue weighted by Crippen LogP contribution is -2.30. The van der Waals surface area contributed by atoms with E-state index in [2.05, 4.69) is 4.98 Å². The molecule has 2 heterocycles. The maximum atomic E-state index is 12.8. The van der Waals surface area contributed by atoms with Crippen molar-refractivity contribution in [3.8, 4) is 16.9 Å². The van der Waals surface area contributed by atoms with Crippen molar-refractivity contribution >= 4 is 15.7 Å². The maximum Gasteiger partial charge on any atom is 0.516 e. The van der Waals surface area contributed by atoms with Gasteiger partial charge < -0.3 is 9.84 Å². The molecule has 2 aromatic carbocycles. The second-order valence-corrected chi connectivity index (χ2v) is 9.10. The van der Waals surface area contributed by atoms with E-state index in [4.69, 9.17) is 4.74 Å². The van der Waals surface area contributed by atoms with Crippen LogP contribution in [0, 0.1) is 5.92 Å². The molecule has 0 spiro atoms. The van der Waals surface area contributed by atoms with Crippen molar-refractivity contribution in [2.24, 2.45) is 5.92 Å². The second kappa shape index (κ2) is 8.44. The first kappa shape index (κ1) is 22.1. The molecule has 168 valence electrons. The number of anilines is 1. The number of sulfonamides is 1. The Labute approximate surface area is 182 Å². The van der Waals surface area contributed by atoms with Crippen molar-refractivity contribution < 1.29 is 31.4 Å². The number of aromatic nitrogens is 1. The number of aliphatic hydroxyl groups excluding tert-OH is 1. The Kier molecular flexibility index (Phi) is 5.83. The van der Waals surface area contributed by atoms with E-state index in [1.54, 1.807) is 41.4 Å². The SMILES string of the molecule is O=S(=O)(Nc1ccccc1-c1ccc2c(c1)OC[C@H](Cc1ccncc1)[C@H]2O)C(F)(F)F. The third kappa shape index (κ3) is 4.42. The average molecular weight is 464 g/mol. The number of ether oxygens (including phenoxy) is 1. The van der Waals surface area contributed by atoms with E-state index in [1.807, 2.05) is 12.1 Å². The van der Waals surface area contributed by atoms with Crippen LogP contribution in [0.1, 0.15) is 17.2 Å². The highest BCUT2D eigenvalue weighted by Crippen LogP contribution is 2.41. The molecule has 0 saturated heterocycles. The number of alkyl halides is 3. The molecule has 1 aliphatic heterocycles. The number of aliphatic hydroxyl groups is 1. The predicted octanol–water partition coefficient (Wildman–Crippen LogP) is 4.29. The van der Waals surface area contributed by atoms with Gasteiger partial charge in [-0.2, -0.15) is 21.6 Å². The number of nitrogens with zero attached hydrogens (tertiary/aromatic N) is 1. The quantitative estimate of drug-likeness (QED) is 0.588. The summed E-state index contributed by atoms with van der Waals surface area (Å²) in [6, 6.07) is 14.3. The average Bonchev–Trinajstić information content (AvgIpc) is 2.75. The third-order valence-corrected chi connectivity index (χ3v) is 6.36. The summed E-state index contributed by atoms with van der Waals surface area (Å²) in [5.74, 6) is 0.219. The van der Waals surface area contributed by atoms with Gasteiger partial charge in [0.05, 0.1) is 18.4 Å². The number of pyridine rings is 1. The summed E-state index contributed by atoms with van der Waals surface area (Å²) in [6.45, 7) is 0.252. The summed E-state index contributed by atoms with van der Waals surface area (Å²) in [7, 11) is -5.57. The predicted molar refractivity (Wildman–Crippen MR) is 112 cm³/mol. The van der Waals surface area contributed by atoms with Gasteiger partial charge in [-0.15, -0.1) is 0 Å². The van der Waals surface area contributed by atoms with E-state index >= 15 is 0 Å². The molecule has 4 rings (SSSR count). The van der Waals surface area contributed by atoms with Gasteiger partial charge >= 0.3 is 15.5 Å². The van der Waals surface area contributed by atoms with E-state index < -0.39 is 21.6 Å². The van der Waals surface area contributed by atoms with E-state index in [-0.39, 0.29) is 23.8 Å². The van der Waals surface area contributed by atoms with E-state index in [1.165, 1.54) is 18.2 Å². The molecule has 2 N–H and O–H groups in total. The van der Waals surface area contributed by atoms with Crippen LogP contribution >= 0.6 is 0 Å². The Balaban J connectivity index is 1.61. The minimum atomic E-state index is -5.57. The molecular formula is C22H19F3N2O4S. The summed E-state index contributed by atoms with van der Waals surface area (Å²) in [4.78, 5) is 3.98. The number of halogens is 3. The fourth-order valence-electron chi connectivity index (χ4n) is 3.63. The van der Waals surface area contributed by atoms with Crippen LogP contribution in [0.4, 0.5) is 18.9 Å². The number of para-hydroxylation sites is 1. The molecule has 32 heavy (non-hydrogen) atoms. The molecule has 0 saturated carbocycles. The van der Waals surface area contributed by atoms with Crippen LogP contribution < -0.4 is 9.46 Å². The largest absolute Gasteiger partial charge is 0.516 e. The van der Waals surface area contributed by atoms with Crippen LogP contribution in [0.15, 0.2) is 67.0 Å². The Morgan fingerprint density at radius 3 is 2.53 bits per heavy atom. The van der Waals surface area contributed by atoms with Gasteiger partial charge in [0.25, 0.3) is 0 Å². The molecule has 1 aliphatic rings. The van der Waals surface area contributed by atoms with Gasteiger partial charge in [0, 0.05) is 29.4 Å². The zero-order valence-corrected chi connectivity index (χ0v) is 17.4. The number of fused-ring (bicyclic) bond motifs is 1.